The zero-order chi connectivity index (χ0) is 13.8. The van der Waals surface area contributed by atoms with Crippen molar-refractivity contribution in [2.75, 3.05) is 7.11 Å². The lowest BCUT2D eigenvalue weighted by Crippen LogP contribution is -2.46. The second kappa shape index (κ2) is 6.06. The van der Waals surface area contributed by atoms with Crippen LogP contribution in [-0.4, -0.2) is 34.0 Å². The quantitative estimate of drug-likeness (QED) is 0.815. The van der Waals surface area contributed by atoms with Gasteiger partial charge < -0.3 is 15.6 Å². The molecule has 100 valence electrons. The number of hydrogen-bond acceptors (Lipinski definition) is 5. The normalized spacial score (nSPS) is 13.1. The molecule has 5 nitrogen and oxygen atoms in total. The van der Waals surface area contributed by atoms with Gasteiger partial charge in [0, 0.05) is 22.3 Å². The molecule has 0 aliphatic rings. The molecule has 0 unspecified atom stereocenters. The third-order valence-corrected chi connectivity index (χ3v) is 4.11. The van der Waals surface area contributed by atoms with Crippen LogP contribution < -0.4 is 10.5 Å². The molecule has 1 atom stereocenters. The second-order valence-corrected chi connectivity index (χ2v) is 6.01. The average molecular weight is 270 g/mol. The number of rotatable bonds is 6. The topological polar surface area (TPSA) is 85.4 Å². The first-order valence-corrected chi connectivity index (χ1v) is 6.47. The Bertz CT molecular complexity index is 424. The lowest BCUT2D eigenvalue weighted by atomic mass is 10.1. The molecule has 1 rings (SSSR count). The van der Waals surface area contributed by atoms with Crippen LogP contribution in [0.5, 0.6) is 5.88 Å². The lowest BCUT2D eigenvalue weighted by molar-refractivity contribution is -0.139. The molecule has 1 heterocycles. The number of ether oxygens (including phenoxy) is 1. The van der Waals surface area contributed by atoms with E-state index in [1.807, 2.05) is 26.0 Å². The fourth-order valence-corrected chi connectivity index (χ4v) is 2.40. The van der Waals surface area contributed by atoms with Crippen molar-refractivity contribution in [2.45, 2.75) is 30.4 Å². The van der Waals surface area contributed by atoms with Gasteiger partial charge in [-0.3, -0.25) is 4.79 Å². The van der Waals surface area contributed by atoms with E-state index in [4.69, 9.17) is 15.6 Å². The summed E-state index contributed by atoms with van der Waals surface area (Å²) in [5.41, 5.74) is 6.59. The van der Waals surface area contributed by atoms with Crippen LogP contribution in [0.2, 0.25) is 0 Å². The Labute approximate surface area is 111 Å². The number of nitrogens with zero attached hydrogens (tertiary/aromatic N) is 1. The van der Waals surface area contributed by atoms with E-state index in [9.17, 15) is 4.79 Å². The van der Waals surface area contributed by atoms with Gasteiger partial charge in [0.2, 0.25) is 5.88 Å². The van der Waals surface area contributed by atoms with Crippen LogP contribution in [0, 0.1) is 0 Å². The summed E-state index contributed by atoms with van der Waals surface area (Å²) in [6.07, 6.45) is 1.65. The molecule has 18 heavy (non-hydrogen) atoms. The molecule has 0 aromatic carbocycles. The van der Waals surface area contributed by atoms with Gasteiger partial charge in [-0.25, -0.2) is 4.98 Å². The number of nitrogens with two attached hydrogens (primary N) is 1. The van der Waals surface area contributed by atoms with E-state index in [2.05, 4.69) is 4.98 Å². The van der Waals surface area contributed by atoms with Crippen LogP contribution in [0.15, 0.2) is 18.3 Å². The summed E-state index contributed by atoms with van der Waals surface area (Å²) < 4.78 is 4.58. The van der Waals surface area contributed by atoms with Crippen molar-refractivity contribution >= 4 is 17.7 Å². The molecule has 0 radical (unpaired) electrons. The number of carboxylic acids is 1. The monoisotopic (exact) mass is 270 g/mol. The maximum Gasteiger partial charge on any atom is 0.321 e. The van der Waals surface area contributed by atoms with Gasteiger partial charge in [-0.15, -0.1) is 11.8 Å². The number of carbonyl (C=O) groups is 1. The van der Waals surface area contributed by atoms with E-state index >= 15 is 0 Å². The minimum atomic E-state index is -0.995. The Morgan fingerprint density at radius 2 is 2.33 bits per heavy atom. The highest BCUT2D eigenvalue weighted by atomic mass is 32.2. The Kier molecular flexibility index (Phi) is 4.98. The summed E-state index contributed by atoms with van der Waals surface area (Å²) in [6.45, 7) is 3.64. The van der Waals surface area contributed by atoms with Crippen LogP contribution in [0.25, 0.3) is 0 Å². The fourth-order valence-electron chi connectivity index (χ4n) is 1.37. The number of aromatic nitrogens is 1. The smallest absolute Gasteiger partial charge is 0.321 e. The SMILES string of the molecule is COc1ncccc1CSC(C)(C)[C@@H](N)C(=O)O. The van der Waals surface area contributed by atoms with E-state index in [1.54, 1.807) is 13.3 Å². The summed E-state index contributed by atoms with van der Waals surface area (Å²) in [5, 5.41) is 8.94. The molecule has 0 amide bonds. The number of aliphatic carboxylic acids is 1. The molecule has 0 fully saturated rings. The van der Waals surface area contributed by atoms with Gasteiger partial charge in [0.05, 0.1) is 7.11 Å². The highest BCUT2D eigenvalue weighted by molar-refractivity contribution is 7.99. The molecule has 6 heteroatoms. The average Bonchev–Trinajstić information content (AvgIpc) is 2.35. The first-order valence-electron chi connectivity index (χ1n) is 5.48. The van der Waals surface area contributed by atoms with Crippen LogP contribution >= 0.6 is 11.8 Å². The maximum absolute atomic E-state index is 10.9. The van der Waals surface area contributed by atoms with Crippen molar-refractivity contribution in [3.63, 3.8) is 0 Å². The molecule has 0 saturated heterocycles. The van der Waals surface area contributed by atoms with Gasteiger partial charge in [0.15, 0.2) is 0 Å². The highest BCUT2D eigenvalue weighted by Crippen LogP contribution is 2.32. The number of thioether (sulfide) groups is 1. The van der Waals surface area contributed by atoms with Crippen LogP contribution in [0.3, 0.4) is 0 Å². The fraction of sp³-hybridized carbons (Fsp3) is 0.500. The first-order chi connectivity index (χ1) is 8.38. The predicted octanol–water partition coefficient (Wildman–Crippen LogP) is 1.51. The summed E-state index contributed by atoms with van der Waals surface area (Å²) in [4.78, 5) is 15.0. The van der Waals surface area contributed by atoms with Crippen molar-refractivity contribution in [3.05, 3.63) is 23.9 Å². The maximum atomic E-state index is 10.9. The molecule has 1 aromatic rings. The van der Waals surface area contributed by atoms with Gasteiger partial charge in [-0.2, -0.15) is 0 Å². The van der Waals surface area contributed by atoms with Gasteiger partial charge in [-0.1, -0.05) is 6.07 Å². The van der Waals surface area contributed by atoms with Crippen LogP contribution in [0.4, 0.5) is 0 Å². The lowest BCUT2D eigenvalue weighted by Gasteiger charge is -2.28. The van der Waals surface area contributed by atoms with E-state index in [0.29, 0.717) is 11.6 Å². The third kappa shape index (κ3) is 3.61. The van der Waals surface area contributed by atoms with Crippen molar-refractivity contribution < 1.29 is 14.6 Å². The molecule has 0 bridgehead atoms. The first kappa shape index (κ1) is 14.8. The standard InChI is InChI=1S/C12H18N2O3S/c1-12(2,9(13)11(15)16)18-7-8-5-4-6-14-10(8)17-3/h4-6,9H,7,13H2,1-3H3,(H,15,16)/t9-/m0/s1. The van der Waals surface area contributed by atoms with Gasteiger partial charge >= 0.3 is 5.97 Å². The van der Waals surface area contributed by atoms with E-state index in [-0.39, 0.29) is 0 Å². The number of hydrogen-bond donors (Lipinski definition) is 2. The minimum Gasteiger partial charge on any atom is -0.481 e. The third-order valence-electron chi connectivity index (χ3n) is 2.66. The van der Waals surface area contributed by atoms with E-state index in [1.165, 1.54) is 11.8 Å². The summed E-state index contributed by atoms with van der Waals surface area (Å²) in [6, 6.07) is 2.81. The number of pyridine rings is 1. The van der Waals surface area contributed by atoms with Crippen LogP contribution in [0.1, 0.15) is 19.4 Å². The molecule has 0 spiro atoms. The number of methoxy groups -OCH3 is 1. The molecular weight excluding hydrogens is 252 g/mol. The number of carboxylic acid groups (broad SMARTS) is 1. The molecule has 0 saturated carbocycles. The minimum absolute atomic E-state index is 0.560. The van der Waals surface area contributed by atoms with Crippen LogP contribution in [-0.2, 0) is 10.5 Å². The zero-order valence-corrected chi connectivity index (χ0v) is 11.5. The zero-order valence-electron chi connectivity index (χ0n) is 10.7. The van der Waals surface area contributed by atoms with E-state index < -0.39 is 16.8 Å². The van der Waals surface area contributed by atoms with Gasteiger partial charge in [0.1, 0.15) is 6.04 Å². The summed E-state index contributed by atoms with van der Waals surface area (Å²) in [5.74, 6) is 0.167. The molecular formula is C12H18N2O3S. The van der Waals surface area contributed by atoms with E-state index in [0.717, 1.165) is 5.56 Å². The Balaban J connectivity index is 2.72. The van der Waals surface area contributed by atoms with Crippen molar-refractivity contribution in [1.29, 1.82) is 0 Å². The largest absolute Gasteiger partial charge is 0.481 e. The van der Waals surface area contributed by atoms with Crippen molar-refractivity contribution in [1.82, 2.24) is 4.98 Å². The molecule has 0 aliphatic carbocycles. The highest BCUT2D eigenvalue weighted by Gasteiger charge is 2.32. The Morgan fingerprint density at radius 3 is 2.89 bits per heavy atom. The Hall–Kier alpha value is -1.27. The molecule has 0 aliphatic heterocycles. The van der Waals surface area contributed by atoms with Crippen molar-refractivity contribution in [3.8, 4) is 5.88 Å². The summed E-state index contributed by atoms with van der Waals surface area (Å²) >= 11 is 1.47. The summed E-state index contributed by atoms with van der Waals surface area (Å²) in [7, 11) is 1.56. The molecule has 1 aromatic heterocycles. The van der Waals surface area contributed by atoms with Gasteiger partial charge in [0.25, 0.3) is 0 Å². The Morgan fingerprint density at radius 1 is 1.67 bits per heavy atom. The van der Waals surface area contributed by atoms with Gasteiger partial charge in [-0.05, 0) is 19.9 Å². The second-order valence-electron chi connectivity index (χ2n) is 4.38. The molecule has 3 N–H and O–H groups in total. The predicted molar refractivity (Wildman–Crippen MR) is 71.8 cm³/mol. The van der Waals surface area contributed by atoms with Crippen molar-refractivity contribution in [2.24, 2.45) is 5.73 Å².